The molecule has 0 aromatic carbocycles. The Bertz CT molecular complexity index is 378. The number of carboxylic acids is 1. The van der Waals surface area contributed by atoms with E-state index in [2.05, 4.69) is 18.5 Å². The molecule has 0 spiro atoms. The summed E-state index contributed by atoms with van der Waals surface area (Å²) in [6.07, 6.45) is 2.77. The van der Waals surface area contributed by atoms with Crippen LogP contribution in [0.1, 0.15) is 20.3 Å². The fourth-order valence-corrected chi connectivity index (χ4v) is 1.27. The molecule has 0 aromatic heterocycles. The Balaban J connectivity index is 4.54. The van der Waals surface area contributed by atoms with Gasteiger partial charge in [0.15, 0.2) is 0 Å². The second-order valence-electron chi connectivity index (χ2n) is 4.70. The Morgan fingerprint density at radius 2 is 1.68 bits per heavy atom. The van der Waals surface area contributed by atoms with Crippen molar-refractivity contribution in [2.45, 2.75) is 20.3 Å². The molecule has 0 radical (unpaired) electrons. The van der Waals surface area contributed by atoms with Crippen molar-refractivity contribution in [3.05, 3.63) is 25.3 Å². The maximum atomic E-state index is 11.7. The van der Waals surface area contributed by atoms with Gasteiger partial charge in [0.2, 0.25) is 5.91 Å². The van der Waals surface area contributed by atoms with Gasteiger partial charge in [-0.05, 0) is 13.8 Å². The van der Waals surface area contributed by atoms with Gasteiger partial charge in [0.25, 0.3) is 0 Å². The van der Waals surface area contributed by atoms with Crippen LogP contribution < -0.4 is 5.32 Å². The Hall–Kier alpha value is -2.11. The molecule has 0 aromatic rings. The molecular weight excluding hydrogens is 248 g/mol. The van der Waals surface area contributed by atoms with Crippen LogP contribution in [0.5, 0.6) is 0 Å². The van der Waals surface area contributed by atoms with Gasteiger partial charge >= 0.3 is 12.0 Å². The smallest absolute Gasteiger partial charge is 0.324 e. The first kappa shape index (κ1) is 16.9. The van der Waals surface area contributed by atoms with Gasteiger partial charge < -0.3 is 10.0 Å². The Morgan fingerprint density at radius 1 is 1.21 bits per heavy atom. The molecule has 0 unspecified atom stereocenters. The summed E-state index contributed by atoms with van der Waals surface area (Å²) in [5.41, 5.74) is -1.22. The normalized spacial score (nSPS) is 10.4. The molecule has 0 heterocycles. The minimum absolute atomic E-state index is 0.271. The molecule has 2 N–H and O–H groups in total. The third-order valence-electron chi connectivity index (χ3n) is 2.41. The highest BCUT2D eigenvalue weighted by Gasteiger charge is 2.31. The van der Waals surface area contributed by atoms with E-state index in [-0.39, 0.29) is 19.5 Å². The Morgan fingerprint density at radius 3 is 2.05 bits per heavy atom. The minimum Gasteiger partial charge on any atom is -0.481 e. The summed E-state index contributed by atoms with van der Waals surface area (Å²) in [5, 5.41) is 11.0. The van der Waals surface area contributed by atoms with E-state index < -0.39 is 23.3 Å². The zero-order valence-electron chi connectivity index (χ0n) is 11.3. The second-order valence-corrected chi connectivity index (χ2v) is 4.70. The lowest BCUT2D eigenvalue weighted by Crippen LogP contribution is -2.44. The number of hydrogen-bond donors (Lipinski definition) is 2. The average molecular weight is 268 g/mol. The number of rotatable bonds is 7. The van der Waals surface area contributed by atoms with Crippen molar-refractivity contribution in [2.75, 3.05) is 13.1 Å². The highest BCUT2D eigenvalue weighted by molar-refractivity contribution is 5.96. The van der Waals surface area contributed by atoms with Gasteiger partial charge in [-0.3, -0.25) is 14.9 Å². The van der Waals surface area contributed by atoms with Crippen LogP contribution in [-0.4, -0.2) is 41.0 Å². The van der Waals surface area contributed by atoms with Crippen molar-refractivity contribution in [3.63, 3.8) is 0 Å². The third kappa shape index (κ3) is 5.85. The second kappa shape index (κ2) is 7.35. The van der Waals surface area contributed by atoms with Gasteiger partial charge in [0.1, 0.15) is 0 Å². The number of carbonyl (C=O) groups excluding carboxylic acids is 2. The standard InChI is InChI=1S/C13H20N2O4/c1-5-7-15(8-6-2)12(19)14-10(16)9-13(3,4)11(17)18/h5-6H,1-2,7-9H2,3-4H3,(H,17,18)(H,14,16,19). The molecular formula is C13H20N2O4. The highest BCUT2D eigenvalue weighted by Crippen LogP contribution is 2.19. The number of amides is 3. The van der Waals surface area contributed by atoms with E-state index in [1.165, 1.54) is 30.9 Å². The molecule has 106 valence electrons. The van der Waals surface area contributed by atoms with Crippen LogP contribution in [0.2, 0.25) is 0 Å². The topological polar surface area (TPSA) is 86.7 Å². The molecule has 3 amide bonds. The van der Waals surface area contributed by atoms with Crippen molar-refractivity contribution in [2.24, 2.45) is 5.41 Å². The van der Waals surface area contributed by atoms with E-state index in [0.29, 0.717) is 0 Å². The molecule has 19 heavy (non-hydrogen) atoms. The average Bonchev–Trinajstić information content (AvgIpc) is 2.27. The first-order valence-electron chi connectivity index (χ1n) is 5.78. The molecule has 0 aliphatic rings. The molecule has 0 saturated carbocycles. The SMILES string of the molecule is C=CCN(CC=C)C(=O)NC(=O)CC(C)(C)C(=O)O. The number of nitrogens with zero attached hydrogens (tertiary/aromatic N) is 1. The first-order chi connectivity index (χ1) is 8.74. The molecule has 0 fully saturated rings. The number of hydrogen-bond acceptors (Lipinski definition) is 3. The maximum Gasteiger partial charge on any atom is 0.324 e. The minimum atomic E-state index is -1.22. The number of urea groups is 1. The fourth-order valence-electron chi connectivity index (χ4n) is 1.27. The van der Waals surface area contributed by atoms with Crippen molar-refractivity contribution in [3.8, 4) is 0 Å². The summed E-state index contributed by atoms with van der Waals surface area (Å²) >= 11 is 0. The van der Waals surface area contributed by atoms with Gasteiger partial charge in [-0.2, -0.15) is 0 Å². The summed E-state index contributed by atoms with van der Waals surface area (Å²) in [7, 11) is 0. The van der Waals surface area contributed by atoms with Gasteiger partial charge in [0.05, 0.1) is 5.41 Å². The molecule has 0 bridgehead atoms. The van der Waals surface area contributed by atoms with Crippen LogP contribution in [0.25, 0.3) is 0 Å². The van der Waals surface area contributed by atoms with Crippen LogP contribution in [0.4, 0.5) is 4.79 Å². The van der Waals surface area contributed by atoms with E-state index in [0.717, 1.165) is 0 Å². The summed E-state index contributed by atoms with van der Waals surface area (Å²) in [4.78, 5) is 35.6. The molecule has 0 aliphatic heterocycles. The summed E-state index contributed by atoms with van der Waals surface area (Å²) in [6.45, 7) is 10.4. The van der Waals surface area contributed by atoms with E-state index in [4.69, 9.17) is 5.11 Å². The summed E-state index contributed by atoms with van der Waals surface area (Å²) in [5.74, 6) is -1.72. The van der Waals surface area contributed by atoms with Crippen LogP contribution in [0.3, 0.4) is 0 Å². The number of aliphatic carboxylic acids is 1. The van der Waals surface area contributed by atoms with Crippen molar-refractivity contribution in [1.82, 2.24) is 10.2 Å². The quantitative estimate of drug-likeness (QED) is 0.683. The van der Waals surface area contributed by atoms with Crippen molar-refractivity contribution < 1.29 is 19.5 Å². The third-order valence-corrected chi connectivity index (χ3v) is 2.41. The number of nitrogens with one attached hydrogen (secondary N) is 1. The lowest BCUT2D eigenvalue weighted by Gasteiger charge is -2.21. The van der Waals surface area contributed by atoms with Gasteiger partial charge in [0, 0.05) is 19.5 Å². The fraction of sp³-hybridized carbons (Fsp3) is 0.462. The molecule has 0 saturated heterocycles. The first-order valence-corrected chi connectivity index (χ1v) is 5.78. The summed E-state index contributed by atoms with van der Waals surface area (Å²) < 4.78 is 0. The predicted molar refractivity (Wildman–Crippen MR) is 71.5 cm³/mol. The zero-order valence-corrected chi connectivity index (χ0v) is 11.3. The van der Waals surface area contributed by atoms with Crippen LogP contribution in [-0.2, 0) is 9.59 Å². The lowest BCUT2D eigenvalue weighted by atomic mass is 9.89. The monoisotopic (exact) mass is 268 g/mol. The van der Waals surface area contributed by atoms with Crippen LogP contribution in [0.15, 0.2) is 25.3 Å². The maximum absolute atomic E-state index is 11.7. The number of imide groups is 1. The predicted octanol–water partition coefficient (Wildman–Crippen LogP) is 1.40. The number of carboxylic acid groups (broad SMARTS) is 1. The van der Waals surface area contributed by atoms with Crippen molar-refractivity contribution >= 4 is 17.9 Å². The largest absolute Gasteiger partial charge is 0.481 e. The molecule has 6 heteroatoms. The van der Waals surface area contributed by atoms with Crippen molar-refractivity contribution in [1.29, 1.82) is 0 Å². The van der Waals surface area contributed by atoms with E-state index in [1.807, 2.05) is 0 Å². The highest BCUT2D eigenvalue weighted by atomic mass is 16.4. The lowest BCUT2D eigenvalue weighted by molar-refractivity contribution is -0.149. The van der Waals surface area contributed by atoms with E-state index in [1.54, 1.807) is 0 Å². The van der Waals surface area contributed by atoms with Gasteiger partial charge in [-0.1, -0.05) is 12.2 Å². The Labute approximate surface area is 112 Å². The summed E-state index contributed by atoms with van der Waals surface area (Å²) in [6, 6.07) is -0.592. The molecule has 0 atom stereocenters. The molecule has 6 nitrogen and oxygen atoms in total. The molecule has 0 aliphatic carbocycles. The zero-order chi connectivity index (χ0) is 15.1. The van der Waals surface area contributed by atoms with Gasteiger partial charge in [-0.15, -0.1) is 13.2 Å². The van der Waals surface area contributed by atoms with Crippen LogP contribution >= 0.6 is 0 Å². The Kier molecular flexibility index (Phi) is 6.54. The van der Waals surface area contributed by atoms with Gasteiger partial charge in [-0.25, -0.2) is 4.79 Å². The number of carbonyl (C=O) groups is 3. The van der Waals surface area contributed by atoms with E-state index in [9.17, 15) is 14.4 Å². The molecule has 0 rings (SSSR count). The van der Waals surface area contributed by atoms with Crippen LogP contribution in [0, 0.1) is 5.41 Å². The van der Waals surface area contributed by atoms with E-state index >= 15 is 0 Å².